The average molecular weight is 498 g/mol. The summed E-state index contributed by atoms with van der Waals surface area (Å²) >= 11 is 1.36. The molecule has 0 spiro atoms. The van der Waals surface area contributed by atoms with E-state index in [2.05, 4.69) is 10.3 Å². The van der Waals surface area contributed by atoms with E-state index < -0.39 is 12.0 Å². The molecule has 0 saturated heterocycles. The first-order valence-electron chi connectivity index (χ1n) is 10.7. The molecule has 4 rings (SSSR count). The number of hydrogen-bond donors (Lipinski definition) is 1. The number of methoxy groups -OCH3 is 3. The summed E-state index contributed by atoms with van der Waals surface area (Å²) in [4.78, 5) is 32.2. The van der Waals surface area contributed by atoms with Gasteiger partial charge in [0.15, 0.2) is 5.17 Å². The highest BCUT2D eigenvalue weighted by Crippen LogP contribution is 2.47. The maximum Gasteiger partial charge on any atom is 0.338 e. The van der Waals surface area contributed by atoms with Gasteiger partial charge in [0.1, 0.15) is 17.3 Å². The van der Waals surface area contributed by atoms with Crippen LogP contribution < -0.4 is 14.8 Å². The summed E-state index contributed by atoms with van der Waals surface area (Å²) in [5.41, 5.74) is 2.61. The van der Waals surface area contributed by atoms with E-state index in [9.17, 15) is 14.0 Å². The van der Waals surface area contributed by atoms with Crippen LogP contribution in [0.3, 0.4) is 0 Å². The molecule has 2 aliphatic heterocycles. The second-order valence-corrected chi connectivity index (χ2v) is 8.56. The summed E-state index contributed by atoms with van der Waals surface area (Å²) in [5, 5.41) is 5.22. The van der Waals surface area contributed by atoms with E-state index in [0.29, 0.717) is 44.9 Å². The third kappa shape index (κ3) is 4.88. The first kappa shape index (κ1) is 24.3. The van der Waals surface area contributed by atoms with Crippen LogP contribution in [0.25, 0.3) is 0 Å². The van der Waals surface area contributed by atoms with Crippen LogP contribution in [0.4, 0.5) is 10.1 Å². The van der Waals surface area contributed by atoms with Crippen molar-refractivity contribution in [1.29, 1.82) is 0 Å². The summed E-state index contributed by atoms with van der Waals surface area (Å²) in [6, 6.07) is 10.2. The van der Waals surface area contributed by atoms with Gasteiger partial charge < -0.3 is 24.4 Å². The number of esters is 1. The van der Waals surface area contributed by atoms with Crippen molar-refractivity contribution in [3.63, 3.8) is 0 Å². The second-order valence-electron chi connectivity index (χ2n) is 7.72. The van der Waals surface area contributed by atoms with Crippen molar-refractivity contribution < 1.29 is 28.2 Å². The fourth-order valence-electron chi connectivity index (χ4n) is 3.99. The number of hydrogen-bond acceptors (Lipinski definition) is 8. The highest BCUT2D eigenvalue weighted by molar-refractivity contribution is 8.16. The Labute approximate surface area is 206 Å². The minimum atomic E-state index is -0.667. The summed E-state index contributed by atoms with van der Waals surface area (Å²) in [7, 11) is 4.41. The fourth-order valence-corrected chi connectivity index (χ4v) is 4.96. The first-order chi connectivity index (χ1) is 16.9. The van der Waals surface area contributed by atoms with Crippen LogP contribution in [0.5, 0.6) is 11.5 Å². The highest BCUT2D eigenvalue weighted by atomic mass is 32.2. The molecule has 2 aromatic rings. The molecule has 0 aromatic heterocycles. The van der Waals surface area contributed by atoms with Crippen molar-refractivity contribution >= 4 is 34.5 Å². The number of amidine groups is 1. The van der Waals surface area contributed by atoms with Crippen LogP contribution in [0.15, 0.2) is 69.8 Å². The van der Waals surface area contributed by atoms with E-state index >= 15 is 0 Å². The molecule has 0 bridgehead atoms. The Kier molecular flexibility index (Phi) is 7.11. The van der Waals surface area contributed by atoms with Gasteiger partial charge in [-0.15, -0.1) is 0 Å². The monoisotopic (exact) mass is 497 g/mol. The number of fused-ring (bicyclic) bond motifs is 1. The quantitative estimate of drug-likeness (QED) is 0.559. The van der Waals surface area contributed by atoms with Gasteiger partial charge in [-0.3, -0.25) is 4.79 Å². The molecule has 35 heavy (non-hydrogen) atoms. The summed E-state index contributed by atoms with van der Waals surface area (Å²) in [5.74, 6) is -0.102. The van der Waals surface area contributed by atoms with Crippen molar-refractivity contribution in [1.82, 2.24) is 4.90 Å². The molecule has 8 nitrogen and oxygen atoms in total. The molecule has 182 valence electrons. The van der Waals surface area contributed by atoms with Crippen molar-refractivity contribution in [3.05, 3.63) is 76.2 Å². The lowest BCUT2D eigenvalue weighted by atomic mass is 9.93. The Morgan fingerprint density at radius 3 is 2.51 bits per heavy atom. The lowest BCUT2D eigenvalue weighted by Crippen LogP contribution is -2.37. The van der Waals surface area contributed by atoms with Gasteiger partial charge in [0.25, 0.3) is 0 Å². The number of carbonyl (C=O) groups excluding carboxylic acids is 2. The van der Waals surface area contributed by atoms with E-state index in [1.807, 2.05) is 10.3 Å². The number of anilines is 1. The van der Waals surface area contributed by atoms with Crippen LogP contribution in [-0.4, -0.2) is 43.3 Å². The third-order valence-electron chi connectivity index (χ3n) is 5.61. The average Bonchev–Trinajstić information content (AvgIpc) is 3.25. The van der Waals surface area contributed by atoms with Gasteiger partial charge in [-0.1, -0.05) is 11.8 Å². The molecule has 0 aliphatic carbocycles. The van der Waals surface area contributed by atoms with Gasteiger partial charge in [0.2, 0.25) is 5.91 Å². The molecule has 1 atom stereocenters. The van der Waals surface area contributed by atoms with Crippen LogP contribution in [0.2, 0.25) is 0 Å². The molecule has 1 amide bonds. The minimum absolute atomic E-state index is 0.000317. The second kappa shape index (κ2) is 10.2. The molecule has 0 radical (unpaired) electrons. The molecule has 2 heterocycles. The number of nitrogens with zero attached hydrogens (tertiary/aromatic N) is 2. The Morgan fingerprint density at radius 1 is 1.11 bits per heavy atom. The van der Waals surface area contributed by atoms with Gasteiger partial charge in [-0.25, -0.2) is 14.2 Å². The van der Waals surface area contributed by atoms with E-state index in [4.69, 9.17) is 14.2 Å². The van der Waals surface area contributed by atoms with Crippen molar-refractivity contribution in [2.75, 3.05) is 26.6 Å². The molecule has 2 aromatic carbocycles. The standard InChI is InChI=1S/C25H24FN3O5S/c1-14-22(24(31)34-4)23(19-12-18(32-2)9-10-20(19)33-3)29-17(13-35-25(29)27-14)11-21(30)28-16-7-5-15(26)6-8-16/h5-10,12-13,23H,11H2,1-4H3,(H,28,30). The number of rotatable bonds is 7. The molecule has 2 aliphatic rings. The van der Waals surface area contributed by atoms with Gasteiger partial charge in [0.05, 0.1) is 45.1 Å². The first-order valence-corrected chi connectivity index (χ1v) is 11.5. The summed E-state index contributed by atoms with van der Waals surface area (Å²) < 4.78 is 29.3. The number of thioether (sulfide) groups is 1. The number of benzene rings is 2. The van der Waals surface area contributed by atoms with E-state index in [0.717, 1.165) is 0 Å². The number of halogens is 1. The molecule has 10 heteroatoms. The third-order valence-corrected chi connectivity index (χ3v) is 6.50. The van der Waals surface area contributed by atoms with Gasteiger partial charge >= 0.3 is 5.97 Å². The zero-order valence-electron chi connectivity index (χ0n) is 19.6. The molecule has 0 fully saturated rings. The van der Waals surface area contributed by atoms with E-state index in [1.54, 1.807) is 39.3 Å². The molecule has 1 N–H and O–H groups in total. The molecular formula is C25H24FN3O5S. The van der Waals surface area contributed by atoms with Crippen molar-refractivity contribution in [2.24, 2.45) is 4.99 Å². The largest absolute Gasteiger partial charge is 0.497 e. The zero-order valence-corrected chi connectivity index (χ0v) is 20.4. The van der Waals surface area contributed by atoms with Gasteiger partial charge in [0, 0.05) is 16.9 Å². The fraction of sp³-hybridized carbons (Fsp3) is 0.240. The van der Waals surface area contributed by atoms with E-state index in [-0.39, 0.29) is 18.1 Å². The van der Waals surface area contributed by atoms with Crippen LogP contribution in [0, 0.1) is 5.82 Å². The topological polar surface area (TPSA) is 89.5 Å². The Bertz CT molecular complexity index is 1260. The Morgan fingerprint density at radius 2 is 1.86 bits per heavy atom. The molecule has 0 saturated carbocycles. The van der Waals surface area contributed by atoms with Crippen molar-refractivity contribution in [2.45, 2.75) is 19.4 Å². The number of amides is 1. The predicted molar refractivity (Wildman–Crippen MR) is 132 cm³/mol. The zero-order chi connectivity index (χ0) is 25.1. The maximum absolute atomic E-state index is 13.2. The summed E-state index contributed by atoms with van der Waals surface area (Å²) in [6.07, 6.45) is -0.000317. The highest BCUT2D eigenvalue weighted by Gasteiger charge is 2.42. The lowest BCUT2D eigenvalue weighted by molar-refractivity contribution is -0.136. The smallest absolute Gasteiger partial charge is 0.338 e. The van der Waals surface area contributed by atoms with Crippen LogP contribution >= 0.6 is 11.8 Å². The molecule has 1 unspecified atom stereocenters. The number of nitrogens with one attached hydrogen (secondary N) is 1. The SMILES string of the molecule is COC(=O)C1=C(C)N=C2SC=C(CC(=O)Nc3ccc(F)cc3)N2C1c1cc(OC)ccc1OC. The normalized spacial score (nSPS) is 16.8. The minimum Gasteiger partial charge on any atom is -0.497 e. The Balaban J connectivity index is 1.73. The Hall–Kier alpha value is -3.79. The van der Waals surface area contributed by atoms with Crippen molar-refractivity contribution in [3.8, 4) is 11.5 Å². The van der Waals surface area contributed by atoms with Gasteiger partial charge in [-0.2, -0.15) is 0 Å². The van der Waals surface area contributed by atoms with Crippen LogP contribution in [0.1, 0.15) is 24.9 Å². The number of carbonyl (C=O) groups is 2. The molecular weight excluding hydrogens is 473 g/mol. The van der Waals surface area contributed by atoms with E-state index in [1.165, 1.54) is 43.1 Å². The summed E-state index contributed by atoms with van der Waals surface area (Å²) in [6.45, 7) is 1.75. The predicted octanol–water partition coefficient (Wildman–Crippen LogP) is 4.62. The number of ether oxygens (including phenoxy) is 3. The lowest BCUT2D eigenvalue weighted by Gasteiger charge is -2.36. The van der Waals surface area contributed by atoms with Crippen LogP contribution in [-0.2, 0) is 14.3 Å². The number of allylic oxidation sites excluding steroid dienone is 1. The van der Waals surface area contributed by atoms with Gasteiger partial charge in [-0.05, 0) is 54.8 Å². The number of aliphatic imine (C=N–C) groups is 1. The maximum atomic E-state index is 13.2.